The summed E-state index contributed by atoms with van der Waals surface area (Å²) in [5.74, 6) is -0.179. The van der Waals surface area contributed by atoms with Gasteiger partial charge in [-0.2, -0.15) is 26.3 Å². The summed E-state index contributed by atoms with van der Waals surface area (Å²) in [6.07, 6.45) is -10.9. The van der Waals surface area contributed by atoms with E-state index in [2.05, 4.69) is 15.0 Å². The zero-order valence-corrected chi connectivity index (χ0v) is 13.0. The number of amides is 1. The van der Waals surface area contributed by atoms with Crippen LogP contribution < -0.4 is 5.32 Å². The van der Waals surface area contributed by atoms with E-state index < -0.39 is 41.2 Å². The molecule has 1 unspecified atom stereocenters. The maximum absolute atomic E-state index is 13.2. The molecule has 0 aromatic heterocycles. The van der Waals surface area contributed by atoms with Crippen molar-refractivity contribution in [2.45, 2.75) is 18.4 Å². The summed E-state index contributed by atoms with van der Waals surface area (Å²) in [7, 11) is 2.29. The summed E-state index contributed by atoms with van der Waals surface area (Å²) >= 11 is 0. The van der Waals surface area contributed by atoms with Gasteiger partial charge in [-0.1, -0.05) is 6.07 Å². The number of halogens is 6. The van der Waals surface area contributed by atoms with Crippen molar-refractivity contribution >= 4 is 12.1 Å². The second kappa shape index (κ2) is 6.45. The average Bonchev–Trinajstić information content (AvgIpc) is 2.85. The van der Waals surface area contributed by atoms with E-state index in [0.717, 1.165) is 12.0 Å². The number of rotatable bonds is 1. The number of carbonyl (C=O) groups is 1. The van der Waals surface area contributed by atoms with Gasteiger partial charge < -0.3 is 9.64 Å². The van der Waals surface area contributed by atoms with E-state index >= 15 is 0 Å². The van der Waals surface area contributed by atoms with Gasteiger partial charge in [0.15, 0.2) is 0 Å². The van der Waals surface area contributed by atoms with Crippen molar-refractivity contribution in [1.29, 1.82) is 0 Å². The number of ether oxygens (including phenoxy) is 1. The highest BCUT2D eigenvalue weighted by atomic mass is 19.4. The van der Waals surface area contributed by atoms with Gasteiger partial charge in [0.25, 0.3) is 0 Å². The summed E-state index contributed by atoms with van der Waals surface area (Å²) in [6, 6.07) is 0.536. The third-order valence-electron chi connectivity index (χ3n) is 3.66. The molecule has 1 aliphatic heterocycles. The van der Waals surface area contributed by atoms with Crippen LogP contribution in [0.3, 0.4) is 0 Å². The van der Waals surface area contributed by atoms with Gasteiger partial charge in [0, 0.05) is 12.6 Å². The fraction of sp³-hybridized carbons (Fsp3) is 0.429. The van der Waals surface area contributed by atoms with Gasteiger partial charge in [-0.25, -0.2) is 4.79 Å². The van der Waals surface area contributed by atoms with Gasteiger partial charge >= 0.3 is 18.4 Å². The van der Waals surface area contributed by atoms with Crippen molar-refractivity contribution in [3.8, 4) is 0 Å². The molecule has 1 aromatic rings. The maximum atomic E-state index is 13.2. The van der Waals surface area contributed by atoms with Gasteiger partial charge in [-0.05, 0) is 12.1 Å². The highest BCUT2D eigenvalue weighted by Gasteiger charge is 2.44. The lowest BCUT2D eigenvalue weighted by atomic mass is 9.93. The van der Waals surface area contributed by atoms with E-state index in [1.54, 1.807) is 0 Å². The number of aliphatic imine (C=N–C) groups is 1. The van der Waals surface area contributed by atoms with Crippen LogP contribution in [0.5, 0.6) is 0 Å². The summed E-state index contributed by atoms with van der Waals surface area (Å²) in [6.45, 7) is -0.383. The van der Waals surface area contributed by atoms with E-state index in [1.807, 2.05) is 0 Å². The molecule has 1 amide bonds. The Morgan fingerprint density at radius 2 is 1.72 bits per heavy atom. The molecule has 5 nitrogen and oxygen atoms in total. The molecule has 1 atom stereocenters. The Morgan fingerprint density at radius 1 is 1.20 bits per heavy atom. The summed E-state index contributed by atoms with van der Waals surface area (Å²) in [5.41, 5.74) is -3.72. The van der Waals surface area contributed by atoms with Crippen molar-refractivity contribution in [1.82, 2.24) is 10.2 Å². The molecule has 0 saturated carbocycles. The number of benzene rings is 1. The molecule has 1 N–H and O–H groups in total. The smallest absolute Gasteiger partial charge is 0.416 e. The van der Waals surface area contributed by atoms with Crippen LogP contribution in [-0.4, -0.2) is 37.7 Å². The minimum Gasteiger partial charge on any atom is -0.453 e. The first-order valence-electron chi connectivity index (χ1n) is 6.86. The van der Waals surface area contributed by atoms with E-state index in [4.69, 9.17) is 0 Å². The Morgan fingerprint density at radius 3 is 2.16 bits per heavy atom. The molecule has 0 saturated heterocycles. The quantitative estimate of drug-likeness (QED) is 0.772. The SMILES string of the molecule is COC(=O)NC1=NCC(c2c(C(F)(F)F)cccc2C(F)(F)F)N1C. The van der Waals surface area contributed by atoms with Crippen LogP contribution in [0, 0.1) is 0 Å². The highest BCUT2D eigenvalue weighted by Crippen LogP contribution is 2.44. The molecular formula is C14H13F6N3O2. The zero-order chi connectivity index (χ0) is 19.0. The second-order valence-electron chi connectivity index (χ2n) is 5.17. The molecule has 1 aliphatic rings. The minimum atomic E-state index is -4.98. The Kier molecular flexibility index (Phi) is 4.87. The number of likely N-dealkylation sites (N-methyl/N-ethyl adjacent to an activating group) is 1. The molecule has 0 spiro atoms. The van der Waals surface area contributed by atoms with Gasteiger partial charge in [0.05, 0.1) is 30.8 Å². The first-order chi connectivity index (χ1) is 11.5. The van der Waals surface area contributed by atoms with Gasteiger partial charge in [0.1, 0.15) is 0 Å². The monoisotopic (exact) mass is 369 g/mol. The third-order valence-corrected chi connectivity index (χ3v) is 3.66. The number of nitrogens with zero attached hydrogens (tertiary/aromatic N) is 2. The molecule has 138 valence electrons. The highest BCUT2D eigenvalue weighted by molar-refractivity contribution is 5.95. The molecule has 1 aromatic carbocycles. The topological polar surface area (TPSA) is 53.9 Å². The van der Waals surface area contributed by atoms with Gasteiger partial charge in [0.2, 0.25) is 5.96 Å². The number of alkyl halides is 6. The van der Waals surface area contributed by atoms with Crippen LogP contribution in [0.2, 0.25) is 0 Å². The normalized spacial score (nSPS) is 18.2. The minimum absolute atomic E-state index is 0.179. The Bertz CT molecular complexity index is 667. The number of guanidine groups is 1. The lowest BCUT2D eigenvalue weighted by Crippen LogP contribution is -2.41. The number of carbonyl (C=O) groups excluding carboxylic acids is 1. The summed E-state index contributed by atoms with van der Waals surface area (Å²) in [4.78, 5) is 16.1. The average molecular weight is 369 g/mol. The summed E-state index contributed by atoms with van der Waals surface area (Å²) < 4.78 is 83.8. The van der Waals surface area contributed by atoms with Crippen molar-refractivity contribution < 1.29 is 35.9 Å². The molecule has 1 heterocycles. The van der Waals surface area contributed by atoms with E-state index in [1.165, 1.54) is 7.05 Å². The number of methoxy groups -OCH3 is 1. The lowest BCUT2D eigenvalue weighted by Gasteiger charge is -2.28. The van der Waals surface area contributed by atoms with Crippen LogP contribution in [0.15, 0.2) is 23.2 Å². The number of alkyl carbamates (subject to hydrolysis) is 1. The van der Waals surface area contributed by atoms with Crippen molar-refractivity contribution in [3.05, 3.63) is 34.9 Å². The lowest BCUT2D eigenvalue weighted by molar-refractivity contribution is -0.145. The fourth-order valence-corrected chi connectivity index (χ4v) is 2.53. The predicted molar refractivity (Wildman–Crippen MR) is 74.8 cm³/mol. The van der Waals surface area contributed by atoms with Crippen LogP contribution >= 0.6 is 0 Å². The third kappa shape index (κ3) is 3.80. The van der Waals surface area contributed by atoms with Crippen LogP contribution in [0.1, 0.15) is 22.7 Å². The molecular weight excluding hydrogens is 356 g/mol. The van der Waals surface area contributed by atoms with E-state index in [9.17, 15) is 31.1 Å². The molecule has 0 bridgehead atoms. The zero-order valence-electron chi connectivity index (χ0n) is 13.0. The second-order valence-corrected chi connectivity index (χ2v) is 5.17. The molecule has 25 heavy (non-hydrogen) atoms. The van der Waals surface area contributed by atoms with E-state index in [0.29, 0.717) is 18.2 Å². The standard InChI is InChI=1S/C14H13F6N3O2/c1-23-9(6-21-11(23)22-12(24)25-2)10-7(13(15,16)17)4-3-5-8(10)14(18,19)20/h3-5,9H,6H2,1-2H3,(H,21,22,24). The number of hydrogen-bond donors (Lipinski definition) is 1. The maximum Gasteiger partial charge on any atom is 0.416 e. The van der Waals surface area contributed by atoms with Crippen molar-refractivity contribution in [2.75, 3.05) is 20.7 Å². The Hall–Kier alpha value is -2.46. The molecule has 0 fully saturated rings. The van der Waals surface area contributed by atoms with Crippen LogP contribution in [0.4, 0.5) is 31.1 Å². The largest absolute Gasteiger partial charge is 0.453 e. The molecule has 0 radical (unpaired) electrons. The summed E-state index contributed by atoms with van der Waals surface area (Å²) in [5, 5.41) is 2.15. The predicted octanol–water partition coefficient (Wildman–Crippen LogP) is 3.42. The molecule has 11 heteroatoms. The number of hydrogen-bond acceptors (Lipinski definition) is 4. The fourth-order valence-electron chi connectivity index (χ4n) is 2.53. The molecule has 2 rings (SSSR count). The van der Waals surface area contributed by atoms with Gasteiger partial charge in [-0.3, -0.25) is 10.3 Å². The number of nitrogens with one attached hydrogen (secondary N) is 1. The van der Waals surface area contributed by atoms with Crippen molar-refractivity contribution in [3.63, 3.8) is 0 Å². The van der Waals surface area contributed by atoms with Crippen LogP contribution in [-0.2, 0) is 17.1 Å². The van der Waals surface area contributed by atoms with Crippen LogP contribution in [0.25, 0.3) is 0 Å². The van der Waals surface area contributed by atoms with Crippen molar-refractivity contribution in [2.24, 2.45) is 4.99 Å². The van der Waals surface area contributed by atoms with Gasteiger partial charge in [-0.15, -0.1) is 0 Å². The Labute approximate surface area is 138 Å². The van der Waals surface area contributed by atoms with E-state index in [-0.39, 0.29) is 12.5 Å². The first-order valence-corrected chi connectivity index (χ1v) is 6.86. The molecule has 0 aliphatic carbocycles. The first kappa shape index (κ1) is 18.9. The Balaban J connectivity index is 2.50.